The van der Waals surface area contributed by atoms with Crippen LogP contribution in [0.1, 0.15) is 58.3 Å². The van der Waals surface area contributed by atoms with Crippen molar-refractivity contribution in [1.29, 1.82) is 0 Å². The minimum Gasteiger partial charge on any atom is -0.345 e. The smallest absolute Gasteiger partial charge is 0.257 e. The molecule has 1 heterocycles. The Kier molecular flexibility index (Phi) is 5.87. The Bertz CT molecular complexity index is 912. The fourth-order valence-corrected chi connectivity index (χ4v) is 5.21. The number of amides is 2. The second-order valence-electron chi connectivity index (χ2n) is 8.65. The number of rotatable bonds is 3. The van der Waals surface area contributed by atoms with Gasteiger partial charge < -0.3 is 10.2 Å². The summed E-state index contributed by atoms with van der Waals surface area (Å²) in [6, 6.07) is 6.95. The minimum atomic E-state index is -0.288. The lowest BCUT2D eigenvalue weighted by molar-refractivity contribution is 0.0827. The van der Waals surface area contributed by atoms with E-state index in [1.54, 1.807) is 43.3 Å². The van der Waals surface area contributed by atoms with Crippen molar-refractivity contribution in [2.45, 2.75) is 40.0 Å². The number of thiophene rings is 1. The highest BCUT2D eigenvalue weighted by Crippen LogP contribution is 2.44. The molecule has 150 valence electrons. The maximum Gasteiger partial charge on any atom is 0.257 e. The van der Waals surface area contributed by atoms with Crippen LogP contribution in [-0.2, 0) is 12.8 Å². The zero-order valence-electron chi connectivity index (χ0n) is 17.1. The molecule has 1 atom stereocenters. The van der Waals surface area contributed by atoms with Gasteiger partial charge in [-0.3, -0.25) is 9.59 Å². The lowest BCUT2D eigenvalue weighted by Gasteiger charge is -2.34. The van der Waals surface area contributed by atoms with Crippen molar-refractivity contribution in [3.05, 3.63) is 50.9 Å². The van der Waals surface area contributed by atoms with Gasteiger partial charge >= 0.3 is 0 Å². The number of nitrogens with one attached hydrogen (secondary N) is 1. The van der Waals surface area contributed by atoms with Gasteiger partial charge in [0.1, 0.15) is 5.00 Å². The fourth-order valence-electron chi connectivity index (χ4n) is 3.68. The molecule has 4 nitrogen and oxygen atoms in total. The van der Waals surface area contributed by atoms with E-state index in [2.05, 4.69) is 26.1 Å². The number of halogens is 1. The molecule has 1 N–H and O–H groups in total. The quantitative estimate of drug-likeness (QED) is 0.714. The molecule has 0 saturated heterocycles. The van der Waals surface area contributed by atoms with Crippen LogP contribution in [-0.4, -0.2) is 30.8 Å². The van der Waals surface area contributed by atoms with E-state index in [4.69, 9.17) is 11.6 Å². The molecule has 1 aromatic carbocycles. The van der Waals surface area contributed by atoms with Crippen LogP contribution >= 0.6 is 22.9 Å². The Labute approximate surface area is 175 Å². The van der Waals surface area contributed by atoms with Crippen molar-refractivity contribution in [3.63, 3.8) is 0 Å². The summed E-state index contributed by atoms with van der Waals surface area (Å²) >= 11 is 7.71. The molecule has 0 unspecified atom stereocenters. The number of hydrogen-bond acceptors (Lipinski definition) is 3. The number of nitrogens with zero attached hydrogens (tertiary/aromatic N) is 1. The summed E-state index contributed by atoms with van der Waals surface area (Å²) in [4.78, 5) is 28.5. The van der Waals surface area contributed by atoms with E-state index >= 15 is 0 Å². The third-order valence-corrected chi connectivity index (χ3v) is 6.95. The summed E-state index contributed by atoms with van der Waals surface area (Å²) in [5.41, 5.74) is 2.36. The molecule has 0 spiro atoms. The maximum atomic E-state index is 12.9. The van der Waals surface area contributed by atoms with Crippen LogP contribution in [0.15, 0.2) is 24.3 Å². The Morgan fingerprint density at radius 1 is 1.21 bits per heavy atom. The molecule has 1 aliphatic carbocycles. The zero-order chi connectivity index (χ0) is 20.6. The molecular formula is C22H27ClN2O2S. The number of anilines is 1. The first-order valence-electron chi connectivity index (χ1n) is 9.51. The highest BCUT2D eigenvalue weighted by Gasteiger charge is 2.34. The Morgan fingerprint density at radius 2 is 1.89 bits per heavy atom. The molecule has 0 saturated carbocycles. The van der Waals surface area contributed by atoms with Crippen LogP contribution in [0, 0.1) is 11.3 Å². The monoisotopic (exact) mass is 418 g/mol. The highest BCUT2D eigenvalue weighted by atomic mass is 35.5. The summed E-state index contributed by atoms with van der Waals surface area (Å²) in [6.07, 6.45) is 2.86. The predicted molar refractivity (Wildman–Crippen MR) is 117 cm³/mol. The van der Waals surface area contributed by atoms with Gasteiger partial charge in [0.05, 0.1) is 16.1 Å². The SMILES string of the molecule is CN(C)C(=O)c1c(NC(=O)c2ccccc2Cl)sc2c1CC[C@@H](C(C)(C)C)C2. The summed E-state index contributed by atoms with van der Waals surface area (Å²) in [5, 5.41) is 3.99. The van der Waals surface area contributed by atoms with Crippen molar-refractivity contribution in [3.8, 4) is 0 Å². The molecule has 3 rings (SSSR count). The van der Waals surface area contributed by atoms with Gasteiger partial charge in [0.15, 0.2) is 0 Å². The van der Waals surface area contributed by atoms with Gasteiger partial charge in [0, 0.05) is 19.0 Å². The first-order valence-corrected chi connectivity index (χ1v) is 10.7. The third-order valence-electron chi connectivity index (χ3n) is 5.46. The summed E-state index contributed by atoms with van der Waals surface area (Å²) in [5.74, 6) is 0.207. The van der Waals surface area contributed by atoms with E-state index in [0.29, 0.717) is 27.1 Å². The second kappa shape index (κ2) is 7.88. The van der Waals surface area contributed by atoms with Gasteiger partial charge in [-0.05, 0) is 48.3 Å². The number of carbonyl (C=O) groups is 2. The van der Waals surface area contributed by atoms with E-state index in [1.807, 2.05) is 0 Å². The molecule has 1 aromatic heterocycles. The molecule has 0 bridgehead atoms. The lowest BCUT2D eigenvalue weighted by atomic mass is 9.72. The highest BCUT2D eigenvalue weighted by molar-refractivity contribution is 7.17. The summed E-state index contributed by atoms with van der Waals surface area (Å²) in [7, 11) is 3.49. The average molecular weight is 419 g/mol. The van der Waals surface area contributed by atoms with Gasteiger partial charge in [0.2, 0.25) is 0 Å². The minimum absolute atomic E-state index is 0.0684. The molecular weight excluding hydrogens is 392 g/mol. The van der Waals surface area contributed by atoms with Crippen molar-refractivity contribution in [2.24, 2.45) is 11.3 Å². The first kappa shape index (κ1) is 20.9. The number of hydrogen-bond donors (Lipinski definition) is 1. The van der Waals surface area contributed by atoms with Gasteiger partial charge in [-0.15, -0.1) is 11.3 Å². The van der Waals surface area contributed by atoms with Crippen LogP contribution in [0.5, 0.6) is 0 Å². The summed E-state index contributed by atoms with van der Waals surface area (Å²) < 4.78 is 0. The van der Waals surface area contributed by atoms with E-state index in [-0.39, 0.29) is 17.2 Å². The zero-order valence-corrected chi connectivity index (χ0v) is 18.6. The largest absolute Gasteiger partial charge is 0.345 e. The van der Waals surface area contributed by atoms with E-state index < -0.39 is 0 Å². The van der Waals surface area contributed by atoms with Crippen LogP contribution in [0.25, 0.3) is 0 Å². The second-order valence-corrected chi connectivity index (χ2v) is 10.2. The first-order chi connectivity index (χ1) is 13.1. The van der Waals surface area contributed by atoms with Crippen LogP contribution in [0.2, 0.25) is 5.02 Å². The Balaban J connectivity index is 1.99. The van der Waals surface area contributed by atoms with Gasteiger partial charge in [-0.25, -0.2) is 0 Å². The van der Waals surface area contributed by atoms with Gasteiger partial charge in [-0.1, -0.05) is 44.5 Å². The molecule has 28 heavy (non-hydrogen) atoms. The number of carbonyl (C=O) groups excluding carboxylic acids is 2. The van der Waals surface area contributed by atoms with Crippen LogP contribution < -0.4 is 5.32 Å². The Hall–Kier alpha value is -1.85. The number of fused-ring (bicyclic) bond motifs is 1. The van der Waals surface area contributed by atoms with Gasteiger partial charge in [-0.2, -0.15) is 0 Å². The maximum absolute atomic E-state index is 12.9. The molecule has 1 aliphatic rings. The summed E-state index contributed by atoms with van der Waals surface area (Å²) in [6.45, 7) is 6.80. The van der Waals surface area contributed by atoms with E-state index in [1.165, 1.54) is 16.2 Å². The Morgan fingerprint density at radius 3 is 2.50 bits per heavy atom. The molecule has 0 aliphatic heterocycles. The van der Waals surface area contributed by atoms with Crippen LogP contribution in [0.4, 0.5) is 5.00 Å². The molecule has 0 fully saturated rings. The molecule has 2 aromatic rings. The van der Waals surface area contributed by atoms with Crippen molar-refractivity contribution >= 4 is 39.8 Å². The fraction of sp³-hybridized carbons (Fsp3) is 0.455. The molecule has 6 heteroatoms. The average Bonchev–Trinajstić information content (AvgIpc) is 2.97. The molecule has 2 amide bonds. The standard InChI is InChI=1S/C22H27ClN2O2S/c1-22(2,3)13-10-11-15-17(12-13)28-20(18(15)21(27)25(4)5)24-19(26)14-8-6-7-9-16(14)23/h6-9,13H,10-12H2,1-5H3,(H,24,26)/t13-/m1/s1. The van der Waals surface area contributed by atoms with Gasteiger partial charge in [0.25, 0.3) is 11.8 Å². The number of benzene rings is 1. The van der Waals surface area contributed by atoms with E-state index in [9.17, 15) is 9.59 Å². The lowest BCUT2D eigenvalue weighted by Crippen LogP contribution is -2.28. The van der Waals surface area contributed by atoms with Crippen molar-refractivity contribution in [1.82, 2.24) is 4.90 Å². The normalized spacial score (nSPS) is 16.4. The molecule has 0 radical (unpaired) electrons. The van der Waals surface area contributed by atoms with Crippen molar-refractivity contribution < 1.29 is 9.59 Å². The van der Waals surface area contributed by atoms with E-state index in [0.717, 1.165) is 24.8 Å². The van der Waals surface area contributed by atoms with Crippen LogP contribution in [0.3, 0.4) is 0 Å². The third kappa shape index (κ3) is 4.11. The predicted octanol–water partition coefficient (Wildman–Crippen LogP) is 5.51. The topological polar surface area (TPSA) is 49.4 Å². The van der Waals surface area contributed by atoms with Crippen molar-refractivity contribution in [2.75, 3.05) is 19.4 Å².